The Morgan fingerprint density at radius 1 is 1.47 bits per heavy atom. The Balaban J connectivity index is 2.21. The van der Waals surface area contributed by atoms with Crippen molar-refractivity contribution >= 4 is 17.3 Å². The molecule has 0 saturated carbocycles. The first kappa shape index (κ1) is 10.7. The number of rotatable bonds is 1. The second-order valence-electron chi connectivity index (χ2n) is 4.33. The Hall–Kier alpha value is -0.760. The third-order valence-corrected chi connectivity index (χ3v) is 3.39. The number of aromatic nitrogens is 1. The van der Waals surface area contributed by atoms with E-state index in [-0.39, 0.29) is 5.38 Å². The summed E-state index contributed by atoms with van der Waals surface area (Å²) in [6.07, 6.45) is 4.17. The predicted molar refractivity (Wildman–Crippen MR) is 64.7 cm³/mol. The first-order valence-corrected chi connectivity index (χ1v) is 5.94. The Bertz CT molecular complexity index is 340. The van der Waals surface area contributed by atoms with Gasteiger partial charge in [-0.05, 0) is 38.8 Å². The Morgan fingerprint density at radius 3 is 3.00 bits per heavy atom. The van der Waals surface area contributed by atoms with Gasteiger partial charge in [0.1, 0.15) is 0 Å². The topological polar surface area (TPSA) is 16.1 Å². The van der Waals surface area contributed by atoms with E-state index in [2.05, 4.69) is 28.9 Å². The number of halogens is 1. The standard InChI is InChI=1S/C12H17ClN2/c1-9-7-12(5-6-14-9)15-8-11(13)4-3-10(15)2/h5-7,10-11H,3-4,8H2,1-2H3. The molecule has 2 atom stereocenters. The first-order valence-electron chi connectivity index (χ1n) is 5.50. The Labute approximate surface area is 96.3 Å². The van der Waals surface area contributed by atoms with Crippen LogP contribution in [0.3, 0.4) is 0 Å². The summed E-state index contributed by atoms with van der Waals surface area (Å²) >= 11 is 6.21. The molecule has 0 aromatic carbocycles. The van der Waals surface area contributed by atoms with Crippen molar-refractivity contribution in [3.8, 4) is 0 Å². The van der Waals surface area contributed by atoms with Crippen LogP contribution in [0.2, 0.25) is 0 Å². The lowest BCUT2D eigenvalue weighted by Gasteiger charge is -2.37. The van der Waals surface area contributed by atoms with Crippen LogP contribution in [0.15, 0.2) is 18.3 Å². The molecule has 1 aliphatic rings. The zero-order valence-corrected chi connectivity index (χ0v) is 10.0. The molecule has 2 unspecified atom stereocenters. The van der Waals surface area contributed by atoms with Crippen LogP contribution in [-0.4, -0.2) is 22.9 Å². The van der Waals surface area contributed by atoms with Gasteiger partial charge in [0.2, 0.25) is 0 Å². The van der Waals surface area contributed by atoms with Crippen molar-refractivity contribution < 1.29 is 0 Å². The maximum absolute atomic E-state index is 6.21. The highest BCUT2D eigenvalue weighted by Crippen LogP contribution is 2.26. The highest BCUT2D eigenvalue weighted by Gasteiger charge is 2.24. The van der Waals surface area contributed by atoms with Gasteiger partial charge in [0.15, 0.2) is 0 Å². The third kappa shape index (κ3) is 2.43. The van der Waals surface area contributed by atoms with E-state index in [1.165, 1.54) is 12.1 Å². The summed E-state index contributed by atoms with van der Waals surface area (Å²) in [6, 6.07) is 4.78. The van der Waals surface area contributed by atoms with Crippen molar-refractivity contribution in [1.82, 2.24) is 4.98 Å². The highest BCUT2D eigenvalue weighted by atomic mass is 35.5. The lowest BCUT2D eigenvalue weighted by atomic mass is 10.0. The predicted octanol–water partition coefficient (Wildman–Crippen LogP) is 2.99. The molecule has 2 heterocycles. The van der Waals surface area contributed by atoms with E-state index in [0.717, 1.165) is 18.7 Å². The van der Waals surface area contributed by atoms with E-state index in [9.17, 15) is 0 Å². The van der Waals surface area contributed by atoms with Gasteiger partial charge in [-0.1, -0.05) is 0 Å². The van der Waals surface area contributed by atoms with E-state index >= 15 is 0 Å². The number of hydrogen-bond acceptors (Lipinski definition) is 2. The second-order valence-corrected chi connectivity index (χ2v) is 4.95. The van der Waals surface area contributed by atoms with Gasteiger partial charge in [0.05, 0.1) is 5.38 Å². The highest BCUT2D eigenvalue weighted by molar-refractivity contribution is 6.21. The van der Waals surface area contributed by atoms with Gasteiger partial charge in [-0.15, -0.1) is 11.6 Å². The minimum atomic E-state index is 0.287. The lowest BCUT2D eigenvalue weighted by Crippen LogP contribution is -2.42. The van der Waals surface area contributed by atoms with Crippen LogP contribution in [0.25, 0.3) is 0 Å². The summed E-state index contributed by atoms with van der Waals surface area (Å²) in [7, 11) is 0. The molecule has 0 N–H and O–H groups in total. The molecule has 2 nitrogen and oxygen atoms in total. The zero-order valence-electron chi connectivity index (χ0n) is 9.28. The molecule has 0 aliphatic carbocycles. The van der Waals surface area contributed by atoms with E-state index in [4.69, 9.17) is 11.6 Å². The summed E-state index contributed by atoms with van der Waals surface area (Å²) < 4.78 is 0. The Kier molecular flexibility index (Phi) is 3.15. The number of alkyl halides is 1. The molecular weight excluding hydrogens is 208 g/mol. The quantitative estimate of drug-likeness (QED) is 0.682. The summed E-state index contributed by atoms with van der Waals surface area (Å²) in [4.78, 5) is 6.60. The molecule has 1 saturated heterocycles. The molecule has 3 heteroatoms. The normalized spacial score (nSPS) is 26.7. The lowest BCUT2D eigenvalue weighted by molar-refractivity contribution is 0.489. The second kappa shape index (κ2) is 4.40. The van der Waals surface area contributed by atoms with E-state index in [1.54, 1.807) is 0 Å². The molecule has 1 aliphatic heterocycles. The SMILES string of the molecule is Cc1cc(N2CC(Cl)CCC2C)ccn1. The smallest absolute Gasteiger partial charge is 0.0512 e. The monoisotopic (exact) mass is 224 g/mol. The molecule has 1 fully saturated rings. The van der Waals surface area contributed by atoms with Crippen LogP contribution < -0.4 is 4.90 Å². The number of hydrogen-bond donors (Lipinski definition) is 0. The number of aryl methyl sites for hydroxylation is 1. The van der Waals surface area contributed by atoms with Gasteiger partial charge in [0, 0.05) is 30.2 Å². The summed E-state index contributed by atoms with van der Waals surface area (Å²) in [6.45, 7) is 5.24. The number of anilines is 1. The van der Waals surface area contributed by atoms with E-state index < -0.39 is 0 Å². The van der Waals surface area contributed by atoms with Gasteiger partial charge in [-0.2, -0.15) is 0 Å². The van der Waals surface area contributed by atoms with Gasteiger partial charge in [0.25, 0.3) is 0 Å². The average molecular weight is 225 g/mol. The molecule has 15 heavy (non-hydrogen) atoms. The minimum Gasteiger partial charge on any atom is -0.367 e. The summed E-state index contributed by atoms with van der Waals surface area (Å²) in [5, 5.41) is 0.287. The first-order chi connectivity index (χ1) is 7.16. The van der Waals surface area contributed by atoms with E-state index in [1.807, 2.05) is 13.1 Å². The van der Waals surface area contributed by atoms with Gasteiger partial charge < -0.3 is 4.90 Å². The molecule has 82 valence electrons. The van der Waals surface area contributed by atoms with Gasteiger partial charge in [-0.3, -0.25) is 4.98 Å². The fourth-order valence-corrected chi connectivity index (χ4v) is 2.41. The van der Waals surface area contributed by atoms with Crippen LogP contribution in [0.1, 0.15) is 25.5 Å². The molecule has 0 bridgehead atoms. The fraction of sp³-hybridized carbons (Fsp3) is 0.583. The van der Waals surface area contributed by atoms with Crippen molar-refractivity contribution in [3.05, 3.63) is 24.0 Å². The van der Waals surface area contributed by atoms with Crippen molar-refractivity contribution in [2.75, 3.05) is 11.4 Å². The fourth-order valence-electron chi connectivity index (χ4n) is 2.13. The molecular formula is C12H17ClN2. The molecule has 0 amide bonds. The van der Waals surface area contributed by atoms with Crippen molar-refractivity contribution in [2.45, 2.75) is 38.1 Å². The average Bonchev–Trinajstić information content (AvgIpc) is 2.22. The maximum Gasteiger partial charge on any atom is 0.0512 e. The Morgan fingerprint density at radius 2 is 2.27 bits per heavy atom. The minimum absolute atomic E-state index is 0.287. The molecule has 1 aromatic heterocycles. The van der Waals surface area contributed by atoms with Crippen LogP contribution in [0, 0.1) is 6.92 Å². The summed E-state index contributed by atoms with van der Waals surface area (Å²) in [5.41, 5.74) is 2.32. The van der Waals surface area contributed by atoms with E-state index in [0.29, 0.717) is 6.04 Å². The molecule has 0 spiro atoms. The van der Waals surface area contributed by atoms with Crippen molar-refractivity contribution in [2.24, 2.45) is 0 Å². The molecule has 2 rings (SSSR count). The summed E-state index contributed by atoms with van der Waals surface area (Å²) in [5.74, 6) is 0. The van der Waals surface area contributed by atoms with Crippen molar-refractivity contribution in [3.63, 3.8) is 0 Å². The largest absolute Gasteiger partial charge is 0.367 e. The number of pyridine rings is 1. The molecule has 0 radical (unpaired) electrons. The number of piperidine rings is 1. The van der Waals surface area contributed by atoms with Crippen LogP contribution in [-0.2, 0) is 0 Å². The third-order valence-electron chi connectivity index (χ3n) is 3.04. The van der Waals surface area contributed by atoms with Crippen LogP contribution in [0.5, 0.6) is 0 Å². The molecule has 1 aromatic rings. The van der Waals surface area contributed by atoms with Crippen molar-refractivity contribution in [1.29, 1.82) is 0 Å². The maximum atomic E-state index is 6.21. The van der Waals surface area contributed by atoms with Crippen LogP contribution >= 0.6 is 11.6 Å². The van der Waals surface area contributed by atoms with Crippen LogP contribution in [0.4, 0.5) is 5.69 Å². The van der Waals surface area contributed by atoms with Gasteiger partial charge in [-0.25, -0.2) is 0 Å². The zero-order chi connectivity index (χ0) is 10.8. The van der Waals surface area contributed by atoms with Gasteiger partial charge >= 0.3 is 0 Å². The number of nitrogens with zero attached hydrogens (tertiary/aromatic N) is 2.